The lowest BCUT2D eigenvalue weighted by molar-refractivity contribution is 0.0989. The van der Waals surface area contributed by atoms with Gasteiger partial charge in [0.15, 0.2) is 5.82 Å². The number of halogens is 1. The Labute approximate surface area is 150 Å². The standard InChI is InChI=1S/C19H17ClN4O/c1-2-23-12-21-22-18(23)13-6-8-14(9-7-13)19(25)24-11-10-15-16(20)4-3-5-17(15)24/h3-9,12H,2,10-11H2,1H3. The van der Waals surface area contributed by atoms with Crippen molar-refractivity contribution in [3.8, 4) is 11.4 Å². The molecule has 1 aliphatic rings. The Morgan fingerprint density at radius 1 is 1.20 bits per heavy atom. The number of fused-ring (bicyclic) bond motifs is 1. The van der Waals surface area contributed by atoms with Crippen molar-refractivity contribution in [1.29, 1.82) is 0 Å². The van der Waals surface area contributed by atoms with E-state index in [0.29, 0.717) is 12.1 Å². The van der Waals surface area contributed by atoms with Crippen molar-refractivity contribution in [3.63, 3.8) is 0 Å². The van der Waals surface area contributed by atoms with Gasteiger partial charge < -0.3 is 9.47 Å². The maximum absolute atomic E-state index is 12.9. The summed E-state index contributed by atoms with van der Waals surface area (Å²) in [5.41, 5.74) is 3.55. The van der Waals surface area contributed by atoms with Crippen LogP contribution >= 0.6 is 11.6 Å². The summed E-state index contributed by atoms with van der Waals surface area (Å²) in [6.07, 6.45) is 2.50. The third-order valence-electron chi connectivity index (χ3n) is 4.56. The minimum absolute atomic E-state index is 0.00970. The highest BCUT2D eigenvalue weighted by Gasteiger charge is 2.26. The monoisotopic (exact) mass is 352 g/mol. The lowest BCUT2D eigenvalue weighted by atomic mass is 10.1. The summed E-state index contributed by atoms with van der Waals surface area (Å²) in [6.45, 7) is 3.50. The zero-order chi connectivity index (χ0) is 17.4. The largest absolute Gasteiger partial charge is 0.314 e. The molecule has 1 amide bonds. The van der Waals surface area contributed by atoms with E-state index >= 15 is 0 Å². The van der Waals surface area contributed by atoms with Gasteiger partial charge >= 0.3 is 0 Å². The lowest BCUT2D eigenvalue weighted by Crippen LogP contribution is -2.28. The molecule has 0 N–H and O–H groups in total. The van der Waals surface area contributed by atoms with Crippen molar-refractivity contribution in [2.45, 2.75) is 19.9 Å². The Kier molecular flexibility index (Phi) is 4.01. The molecule has 126 valence electrons. The normalized spacial score (nSPS) is 13.1. The van der Waals surface area contributed by atoms with Crippen LogP contribution in [0.1, 0.15) is 22.8 Å². The van der Waals surface area contributed by atoms with E-state index in [1.165, 1.54) is 0 Å². The van der Waals surface area contributed by atoms with Crippen LogP contribution in [-0.4, -0.2) is 27.2 Å². The molecular weight excluding hydrogens is 336 g/mol. The highest BCUT2D eigenvalue weighted by atomic mass is 35.5. The minimum atomic E-state index is -0.00970. The average molecular weight is 353 g/mol. The number of hydrogen-bond donors (Lipinski definition) is 0. The first-order chi connectivity index (χ1) is 12.2. The van der Waals surface area contributed by atoms with Gasteiger partial charge in [-0.05, 0) is 43.2 Å². The quantitative estimate of drug-likeness (QED) is 0.720. The molecule has 25 heavy (non-hydrogen) atoms. The van der Waals surface area contributed by atoms with Crippen LogP contribution in [0.15, 0.2) is 48.8 Å². The van der Waals surface area contributed by atoms with E-state index in [0.717, 1.165) is 40.6 Å². The Morgan fingerprint density at radius 2 is 2.00 bits per heavy atom. The Morgan fingerprint density at radius 3 is 2.76 bits per heavy atom. The number of aryl methyl sites for hydroxylation is 1. The van der Waals surface area contributed by atoms with Crippen molar-refractivity contribution < 1.29 is 4.79 Å². The van der Waals surface area contributed by atoms with E-state index in [4.69, 9.17) is 11.6 Å². The number of anilines is 1. The number of nitrogens with zero attached hydrogens (tertiary/aromatic N) is 4. The fourth-order valence-corrected chi connectivity index (χ4v) is 3.49. The van der Waals surface area contributed by atoms with E-state index in [-0.39, 0.29) is 5.91 Å². The molecule has 2 heterocycles. The summed E-state index contributed by atoms with van der Waals surface area (Å²) in [7, 11) is 0. The highest BCUT2D eigenvalue weighted by molar-refractivity contribution is 6.32. The number of aromatic nitrogens is 3. The molecule has 1 aliphatic heterocycles. The molecule has 0 saturated carbocycles. The van der Waals surface area contributed by atoms with Gasteiger partial charge in [-0.2, -0.15) is 0 Å². The third kappa shape index (κ3) is 2.70. The minimum Gasteiger partial charge on any atom is -0.314 e. The van der Waals surface area contributed by atoms with Crippen LogP contribution in [0, 0.1) is 0 Å². The molecule has 0 saturated heterocycles. The second-order valence-corrected chi connectivity index (χ2v) is 6.37. The lowest BCUT2D eigenvalue weighted by Gasteiger charge is -2.17. The van der Waals surface area contributed by atoms with E-state index in [1.807, 2.05) is 54.0 Å². The van der Waals surface area contributed by atoms with E-state index in [9.17, 15) is 4.79 Å². The Balaban J connectivity index is 1.62. The fraction of sp³-hybridized carbons (Fsp3) is 0.211. The van der Waals surface area contributed by atoms with Crippen molar-refractivity contribution in [1.82, 2.24) is 14.8 Å². The van der Waals surface area contributed by atoms with Gasteiger partial charge in [-0.3, -0.25) is 4.79 Å². The SMILES string of the molecule is CCn1cnnc1-c1ccc(C(=O)N2CCc3c(Cl)cccc32)cc1. The van der Waals surface area contributed by atoms with Gasteiger partial charge in [-0.1, -0.05) is 29.8 Å². The van der Waals surface area contributed by atoms with Gasteiger partial charge in [0.05, 0.1) is 0 Å². The van der Waals surface area contributed by atoms with Gasteiger partial charge in [-0.15, -0.1) is 10.2 Å². The Bertz CT molecular complexity index is 933. The van der Waals surface area contributed by atoms with Gasteiger partial charge in [0, 0.05) is 34.9 Å². The molecule has 0 fully saturated rings. The van der Waals surface area contributed by atoms with Gasteiger partial charge in [0.1, 0.15) is 6.33 Å². The summed E-state index contributed by atoms with van der Waals surface area (Å²) in [4.78, 5) is 14.7. The van der Waals surface area contributed by atoms with Crippen LogP contribution in [-0.2, 0) is 13.0 Å². The van der Waals surface area contributed by atoms with Gasteiger partial charge in [-0.25, -0.2) is 0 Å². The number of benzene rings is 2. The maximum atomic E-state index is 12.9. The maximum Gasteiger partial charge on any atom is 0.258 e. The van der Waals surface area contributed by atoms with Crippen LogP contribution in [0.5, 0.6) is 0 Å². The van der Waals surface area contributed by atoms with Crippen LogP contribution < -0.4 is 4.90 Å². The molecular formula is C19H17ClN4O. The van der Waals surface area contributed by atoms with Gasteiger partial charge in [0.2, 0.25) is 0 Å². The molecule has 0 bridgehead atoms. The predicted octanol–water partition coefficient (Wildman–Crippen LogP) is 3.82. The van der Waals surface area contributed by atoms with Crippen LogP contribution in [0.2, 0.25) is 5.02 Å². The number of carbonyl (C=O) groups excluding carboxylic acids is 1. The van der Waals surface area contributed by atoms with Crippen molar-refractivity contribution in [2.75, 3.05) is 11.4 Å². The van der Waals surface area contributed by atoms with E-state index in [1.54, 1.807) is 11.2 Å². The summed E-state index contributed by atoms with van der Waals surface area (Å²) >= 11 is 6.24. The molecule has 0 unspecified atom stereocenters. The molecule has 6 heteroatoms. The number of amides is 1. The average Bonchev–Trinajstić information content (AvgIpc) is 3.29. The molecule has 0 atom stereocenters. The second-order valence-electron chi connectivity index (χ2n) is 5.96. The topological polar surface area (TPSA) is 51.0 Å². The number of hydrogen-bond acceptors (Lipinski definition) is 3. The van der Waals surface area contributed by atoms with Crippen LogP contribution in [0.3, 0.4) is 0 Å². The fourth-order valence-electron chi connectivity index (χ4n) is 3.23. The predicted molar refractivity (Wildman–Crippen MR) is 98.0 cm³/mol. The first kappa shape index (κ1) is 15.8. The molecule has 4 rings (SSSR count). The molecule has 3 aromatic rings. The molecule has 0 spiro atoms. The summed E-state index contributed by atoms with van der Waals surface area (Å²) in [5, 5.41) is 8.82. The molecule has 1 aromatic heterocycles. The third-order valence-corrected chi connectivity index (χ3v) is 4.92. The number of carbonyl (C=O) groups is 1. The summed E-state index contributed by atoms with van der Waals surface area (Å²) in [5.74, 6) is 0.796. The Hall–Kier alpha value is -2.66. The highest BCUT2D eigenvalue weighted by Crippen LogP contribution is 2.34. The van der Waals surface area contributed by atoms with Crippen molar-refractivity contribution in [2.24, 2.45) is 0 Å². The summed E-state index contributed by atoms with van der Waals surface area (Å²) < 4.78 is 1.97. The smallest absolute Gasteiger partial charge is 0.258 e. The molecule has 2 aromatic carbocycles. The van der Waals surface area contributed by atoms with E-state index in [2.05, 4.69) is 10.2 Å². The number of rotatable bonds is 3. The first-order valence-electron chi connectivity index (χ1n) is 8.26. The van der Waals surface area contributed by atoms with Crippen molar-refractivity contribution >= 4 is 23.2 Å². The van der Waals surface area contributed by atoms with E-state index < -0.39 is 0 Å². The van der Waals surface area contributed by atoms with Crippen LogP contribution in [0.4, 0.5) is 5.69 Å². The van der Waals surface area contributed by atoms with Crippen LogP contribution in [0.25, 0.3) is 11.4 Å². The second kappa shape index (κ2) is 6.33. The summed E-state index contributed by atoms with van der Waals surface area (Å²) in [6, 6.07) is 13.2. The molecule has 0 aliphatic carbocycles. The van der Waals surface area contributed by atoms with Crippen molar-refractivity contribution in [3.05, 3.63) is 64.9 Å². The first-order valence-corrected chi connectivity index (χ1v) is 8.64. The molecule has 0 radical (unpaired) electrons. The zero-order valence-corrected chi connectivity index (χ0v) is 14.6. The van der Waals surface area contributed by atoms with Gasteiger partial charge in [0.25, 0.3) is 5.91 Å². The molecule has 5 nitrogen and oxygen atoms in total. The zero-order valence-electron chi connectivity index (χ0n) is 13.8.